The molecule has 0 aliphatic carbocycles. The van der Waals surface area contributed by atoms with Gasteiger partial charge in [0, 0.05) is 19.4 Å². The zero-order valence-electron chi connectivity index (χ0n) is 9.95. The second-order valence-electron chi connectivity index (χ2n) is 3.59. The molecule has 0 aromatic carbocycles. The Kier molecular flexibility index (Phi) is 4.19. The zero-order valence-corrected chi connectivity index (χ0v) is 11.5. The predicted molar refractivity (Wildman–Crippen MR) is 76.0 cm³/mol. The first-order valence-electron chi connectivity index (χ1n) is 5.37. The van der Waals surface area contributed by atoms with E-state index in [0.717, 1.165) is 0 Å². The van der Waals surface area contributed by atoms with Gasteiger partial charge in [0.2, 0.25) is 0 Å². The molecule has 2 aromatic rings. The number of carbonyl (C=O) groups is 1. The highest BCUT2D eigenvalue weighted by Gasteiger charge is 2.14. The van der Waals surface area contributed by atoms with Gasteiger partial charge in [-0.3, -0.25) is 4.79 Å². The summed E-state index contributed by atoms with van der Waals surface area (Å²) in [6, 6.07) is 4.86. The number of aromatic nitrogens is 2. The van der Waals surface area contributed by atoms with E-state index in [2.05, 4.69) is 20.6 Å². The van der Waals surface area contributed by atoms with Crippen molar-refractivity contribution >= 4 is 40.7 Å². The SMILES string of the molecule is CNc1cc(C(=O)Nc2ncccc2Cl)c(Cl)cn1. The van der Waals surface area contributed by atoms with Crippen molar-refractivity contribution in [1.82, 2.24) is 9.97 Å². The number of amides is 1. The van der Waals surface area contributed by atoms with Crippen LogP contribution in [0.15, 0.2) is 30.6 Å². The standard InChI is InChI=1S/C12H10Cl2N4O/c1-15-10-5-7(9(14)6-17-10)12(19)18-11-8(13)3-2-4-16-11/h2-6H,1H3,(H,15,17)(H,16,18,19). The Morgan fingerprint density at radius 1 is 1.26 bits per heavy atom. The van der Waals surface area contributed by atoms with Gasteiger partial charge in [0.25, 0.3) is 5.91 Å². The minimum absolute atomic E-state index is 0.253. The van der Waals surface area contributed by atoms with Crippen LogP contribution in [-0.2, 0) is 0 Å². The first kappa shape index (κ1) is 13.6. The minimum atomic E-state index is -0.399. The molecule has 0 fully saturated rings. The lowest BCUT2D eigenvalue weighted by atomic mass is 10.2. The maximum Gasteiger partial charge on any atom is 0.258 e. The topological polar surface area (TPSA) is 66.9 Å². The van der Waals surface area contributed by atoms with Crippen LogP contribution in [0.5, 0.6) is 0 Å². The molecule has 0 saturated heterocycles. The number of carbonyl (C=O) groups excluding carboxylic acids is 1. The number of hydrogen-bond donors (Lipinski definition) is 2. The third-order valence-electron chi connectivity index (χ3n) is 2.35. The number of rotatable bonds is 3. The van der Waals surface area contributed by atoms with E-state index >= 15 is 0 Å². The van der Waals surface area contributed by atoms with Crippen LogP contribution in [0.2, 0.25) is 10.0 Å². The number of nitrogens with zero attached hydrogens (tertiary/aromatic N) is 2. The first-order valence-corrected chi connectivity index (χ1v) is 6.12. The van der Waals surface area contributed by atoms with Crippen LogP contribution in [0.4, 0.5) is 11.6 Å². The minimum Gasteiger partial charge on any atom is -0.373 e. The lowest BCUT2D eigenvalue weighted by Gasteiger charge is -2.08. The summed E-state index contributed by atoms with van der Waals surface area (Å²) >= 11 is 11.9. The lowest BCUT2D eigenvalue weighted by molar-refractivity contribution is 0.102. The van der Waals surface area contributed by atoms with E-state index in [-0.39, 0.29) is 10.8 Å². The summed E-state index contributed by atoms with van der Waals surface area (Å²) in [5.41, 5.74) is 0.294. The van der Waals surface area contributed by atoms with Gasteiger partial charge in [-0.25, -0.2) is 9.97 Å². The van der Waals surface area contributed by atoms with Gasteiger partial charge in [0.1, 0.15) is 5.82 Å². The number of pyridine rings is 2. The highest BCUT2D eigenvalue weighted by molar-refractivity contribution is 6.35. The summed E-state index contributed by atoms with van der Waals surface area (Å²) in [6.45, 7) is 0. The summed E-state index contributed by atoms with van der Waals surface area (Å²) < 4.78 is 0. The smallest absolute Gasteiger partial charge is 0.258 e. The molecule has 5 nitrogen and oxygen atoms in total. The molecule has 0 saturated carbocycles. The predicted octanol–water partition coefficient (Wildman–Crippen LogP) is 3.08. The molecule has 1 amide bonds. The van der Waals surface area contributed by atoms with Crippen molar-refractivity contribution in [3.63, 3.8) is 0 Å². The van der Waals surface area contributed by atoms with Crippen LogP contribution in [0.25, 0.3) is 0 Å². The highest BCUT2D eigenvalue weighted by Crippen LogP contribution is 2.22. The monoisotopic (exact) mass is 296 g/mol. The Hall–Kier alpha value is -1.85. The summed E-state index contributed by atoms with van der Waals surface area (Å²) in [5.74, 6) is 0.430. The van der Waals surface area contributed by atoms with Gasteiger partial charge < -0.3 is 10.6 Å². The molecule has 98 valence electrons. The van der Waals surface area contributed by atoms with Crippen molar-refractivity contribution in [3.05, 3.63) is 46.2 Å². The van der Waals surface area contributed by atoms with Crippen LogP contribution < -0.4 is 10.6 Å². The number of halogens is 2. The van der Waals surface area contributed by atoms with Crippen LogP contribution >= 0.6 is 23.2 Å². The fourth-order valence-corrected chi connectivity index (χ4v) is 1.76. The molecule has 0 radical (unpaired) electrons. The lowest BCUT2D eigenvalue weighted by Crippen LogP contribution is -2.14. The zero-order chi connectivity index (χ0) is 13.8. The molecule has 0 spiro atoms. The molecule has 2 heterocycles. The summed E-state index contributed by atoms with van der Waals surface area (Å²) in [7, 11) is 1.70. The molecule has 2 N–H and O–H groups in total. The Labute approximate surface area is 120 Å². The van der Waals surface area contributed by atoms with Crippen molar-refractivity contribution in [2.75, 3.05) is 17.7 Å². The van der Waals surface area contributed by atoms with Crippen molar-refractivity contribution in [3.8, 4) is 0 Å². The van der Waals surface area contributed by atoms with Crippen LogP contribution in [0.1, 0.15) is 10.4 Å². The van der Waals surface area contributed by atoms with E-state index in [1.54, 1.807) is 25.2 Å². The van der Waals surface area contributed by atoms with E-state index in [4.69, 9.17) is 23.2 Å². The highest BCUT2D eigenvalue weighted by atomic mass is 35.5. The van der Waals surface area contributed by atoms with Crippen molar-refractivity contribution in [1.29, 1.82) is 0 Å². The second-order valence-corrected chi connectivity index (χ2v) is 4.40. The van der Waals surface area contributed by atoms with Gasteiger partial charge in [-0.15, -0.1) is 0 Å². The van der Waals surface area contributed by atoms with E-state index in [0.29, 0.717) is 16.4 Å². The Morgan fingerprint density at radius 2 is 2.05 bits per heavy atom. The summed E-state index contributed by atoms with van der Waals surface area (Å²) in [5, 5.41) is 6.04. The third-order valence-corrected chi connectivity index (χ3v) is 2.95. The van der Waals surface area contributed by atoms with E-state index in [9.17, 15) is 4.79 Å². The second kappa shape index (κ2) is 5.86. The molecular weight excluding hydrogens is 287 g/mol. The third kappa shape index (κ3) is 3.13. The van der Waals surface area contributed by atoms with Gasteiger partial charge in [-0.2, -0.15) is 0 Å². The number of anilines is 2. The quantitative estimate of drug-likeness (QED) is 0.913. The number of nitrogens with one attached hydrogen (secondary N) is 2. The van der Waals surface area contributed by atoms with E-state index < -0.39 is 5.91 Å². The molecule has 0 atom stereocenters. The average Bonchev–Trinajstić information content (AvgIpc) is 2.42. The Morgan fingerprint density at radius 3 is 2.74 bits per heavy atom. The number of hydrogen-bond acceptors (Lipinski definition) is 4. The fraction of sp³-hybridized carbons (Fsp3) is 0.0833. The van der Waals surface area contributed by atoms with Gasteiger partial charge in [-0.05, 0) is 18.2 Å². The fourth-order valence-electron chi connectivity index (χ4n) is 1.40. The normalized spacial score (nSPS) is 10.1. The molecule has 7 heteroatoms. The van der Waals surface area contributed by atoms with Crippen LogP contribution in [-0.4, -0.2) is 22.9 Å². The van der Waals surface area contributed by atoms with Gasteiger partial charge in [0.05, 0.1) is 15.6 Å². The van der Waals surface area contributed by atoms with Crippen LogP contribution in [0, 0.1) is 0 Å². The Bertz CT molecular complexity index is 618. The maximum absolute atomic E-state index is 12.1. The Balaban J connectivity index is 2.28. The molecule has 2 rings (SSSR count). The molecule has 0 unspecified atom stereocenters. The van der Waals surface area contributed by atoms with Gasteiger partial charge >= 0.3 is 0 Å². The average molecular weight is 297 g/mol. The first-order chi connectivity index (χ1) is 9.11. The molecule has 2 aromatic heterocycles. The maximum atomic E-state index is 12.1. The van der Waals surface area contributed by atoms with Crippen LogP contribution in [0.3, 0.4) is 0 Å². The van der Waals surface area contributed by atoms with Crippen molar-refractivity contribution in [2.24, 2.45) is 0 Å². The van der Waals surface area contributed by atoms with Crippen molar-refractivity contribution in [2.45, 2.75) is 0 Å². The molecular formula is C12H10Cl2N4O. The largest absolute Gasteiger partial charge is 0.373 e. The molecule has 0 bridgehead atoms. The van der Waals surface area contributed by atoms with E-state index in [1.807, 2.05) is 0 Å². The van der Waals surface area contributed by atoms with Gasteiger partial charge in [0.15, 0.2) is 5.82 Å². The van der Waals surface area contributed by atoms with E-state index in [1.165, 1.54) is 12.4 Å². The van der Waals surface area contributed by atoms with Gasteiger partial charge in [-0.1, -0.05) is 23.2 Å². The summed E-state index contributed by atoms with van der Waals surface area (Å²) in [4.78, 5) is 20.1. The van der Waals surface area contributed by atoms with Crippen molar-refractivity contribution < 1.29 is 4.79 Å². The summed E-state index contributed by atoms with van der Waals surface area (Å²) in [6.07, 6.45) is 2.94. The molecule has 0 aliphatic heterocycles. The molecule has 19 heavy (non-hydrogen) atoms. The molecule has 0 aliphatic rings.